The maximum atomic E-state index is 12.1. The molecule has 2 amide bonds. The fourth-order valence-electron chi connectivity index (χ4n) is 2.99. The monoisotopic (exact) mass is 299 g/mol. The van der Waals surface area contributed by atoms with Crippen LogP contribution >= 0.6 is 0 Å². The molecule has 0 bridgehead atoms. The Hall–Kier alpha value is -1.30. The Labute approximate surface area is 127 Å². The molecule has 2 N–H and O–H groups in total. The second-order valence-electron chi connectivity index (χ2n) is 5.88. The van der Waals surface area contributed by atoms with Crippen molar-refractivity contribution in [3.05, 3.63) is 0 Å². The zero-order valence-corrected chi connectivity index (χ0v) is 13.5. The van der Waals surface area contributed by atoms with Gasteiger partial charge in [0.05, 0.1) is 6.42 Å². The molecule has 1 atom stereocenters. The van der Waals surface area contributed by atoms with Crippen LogP contribution in [0.4, 0.5) is 4.79 Å². The lowest BCUT2D eigenvalue weighted by molar-refractivity contribution is -0.138. The van der Waals surface area contributed by atoms with Crippen LogP contribution in [0.15, 0.2) is 0 Å². The van der Waals surface area contributed by atoms with E-state index in [1.54, 1.807) is 11.8 Å². The molecular formula is C15H29N3O3. The Morgan fingerprint density at radius 2 is 1.95 bits per heavy atom. The van der Waals surface area contributed by atoms with E-state index >= 15 is 0 Å². The van der Waals surface area contributed by atoms with Crippen LogP contribution in [0.2, 0.25) is 0 Å². The molecule has 21 heavy (non-hydrogen) atoms. The molecule has 6 heteroatoms. The van der Waals surface area contributed by atoms with Gasteiger partial charge in [0.25, 0.3) is 0 Å². The molecule has 122 valence electrons. The number of hydrogen-bond donors (Lipinski definition) is 2. The molecule has 1 saturated carbocycles. The molecule has 1 aliphatic rings. The number of urea groups is 1. The highest BCUT2D eigenvalue weighted by atomic mass is 16.4. The van der Waals surface area contributed by atoms with Crippen molar-refractivity contribution < 1.29 is 14.7 Å². The molecule has 6 nitrogen and oxygen atoms in total. The lowest BCUT2D eigenvalue weighted by Crippen LogP contribution is -2.47. The predicted octanol–water partition coefficient (Wildman–Crippen LogP) is 1.76. The first-order chi connectivity index (χ1) is 9.95. The maximum absolute atomic E-state index is 12.1. The van der Waals surface area contributed by atoms with Crippen LogP contribution in [0.1, 0.15) is 46.0 Å². The third kappa shape index (κ3) is 5.91. The van der Waals surface area contributed by atoms with Crippen LogP contribution in [0, 0.1) is 0 Å². The van der Waals surface area contributed by atoms with Crippen molar-refractivity contribution in [2.45, 2.75) is 58.0 Å². The number of carbonyl (C=O) groups is 2. The Bertz CT molecular complexity index is 343. The smallest absolute Gasteiger partial charge is 0.317 e. The van der Waals surface area contributed by atoms with E-state index < -0.39 is 5.97 Å². The molecule has 0 aliphatic heterocycles. The summed E-state index contributed by atoms with van der Waals surface area (Å²) in [4.78, 5) is 26.7. The normalized spacial score (nSPS) is 17.0. The highest BCUT2D eigenvalue weighted by Gasteiger charge is 2.22. The molecule has 1 fully saturated rings. The number of nitrogens with one attached hydrogen (secondary N) is 1. The first-order valence-electron chi connectivity index (χ1n) is 7.92. The van der Waals surface area contributed by atoms with Crippen molar-refractivity contribution in [3.8, 4) is 0 Å². The Morgan fingerprint density at radius 3 is 2.48 bits per heavy atom. The quantitative estimate of drug-likeness (QED) is 0.716. The van der Waals surface area contributed by atoms with Crippen LogP contribution in [-0.2, 0) is 4.79 Å². The molecule has 0 aromatic carbocycles. The number of carboxylic acids is 1. The molecule has 1 aliphatic carbocycles. The molecule has 0 aromatic heterocycles. The van der Waals surface area contributed by atoms with Crippen LogP contribution in [0.5, 0.6) is 0 Å². The largest absolute Gasteiger partial charge is 0.481 e. The Morgan fingerprint density at radius 1 is 1.33 bits per heavy atom. The van der Waals surface area contributed by atoms with Crippen molar-refractivity contribution >= 4 is 12.0 Å². The van der Waals surface area contributed by atoms with Gasteiger partial charge in [0, 0.05) is 31.7 Å². The summed E-state index contributed by atoms with van der Waals surface area (Å²) in [7, 11) is 2.10. The van der Waals surface area contributed by atoms with Gasteiger partial charge in [0.2, 0.25) is 0 Å². The van der Waals surface area contributed by atoms with Crippen molar-refractivity contribution in [2.24, 2.45) is 0 Å². The summed E-state index contributed by atoms with van der Waals surface area (Å²) in [6, 6.07) is 0.182. The van der Waals surface area contributed by atoms with Gasteiger partial charge in [0.1, 0.15) is 0 Å². The van der Waals surface area contributed by atoms with Gasteiger partial charge in [-0.3, -0.25) is 4.79 Å². The summed E-state index contributed by atoms with van der Waals surface area (Å²) in [5.41, 5.74) is 0. The molecule has 0 heterocycles. The second-order valence-corrected chi connectivity index (χ2v) is 5.88. The number of nitrogens with zero attached hydrogens (tertiary/aromatic N) is 2. The van der Waals surface area contributed by atoms with Gasteiger partial charge in [-0.2, -0.15) is 0 Å². The lowest BCUT2D eigenvalue weighted by Gasteiger charge is -2.28. The average Bonchev–Trinajstić information content (AvgIpc) is 2.92. The van der Waals surface area contributed by atoms with E-state index in [1.807, 2.05) is 6.92 Å². The van der Waals surface area contributed by atoms with Crippen molar-refractivity contribution in [3.63, 3.8) is 0 Å². The van der Waals surface area contributed by atoms with Crippen molar-refractivity contribution in [2.75, 3.05) is 26.7 Å². The first-order valence-corrected chi connectivity index (χ1v) is 7.92. The van der Waals surface area contributed by atoms with E-state index in [0.717, 1.165) is 6.54 Å². The fraction of sp³-hybridized carbons (Fsp3) is 0.867. The number of hydrogen-bond acceptors (Lipinski definition) is 3. The third-order valence-corrected chi connectivity index (χ3v) is 4.29. The van der Waals surface area contributed by atoms with Crippen molar-refractivity contribution in [1.82, 2.24) is 15.1 Å². The number of carbonyl (C=O) groups excluding carboxylic acids is 1. The van der Waals surface area contributed by atoms with E-state index in [4.69, 9.17) is 5.11 Å². The van der Waals surface area contributed by atoms with Crippen LogP contribution in [0.25, 0.3) is 0 Å². The zero-order chi connectivity index (χ0) is 15.8. The molecular weight excluding hydrogens is 270 g/mol. The minimum atomic E-state index is -0.880. The minimum Gasteiger partial charge on any atom is -0.481 e. The topological polar surface area (TPSA) is 72.9 Å². The first kappa shape index (κ1) is 17.8. The lowest BCUT2D eigenvalue weighted by atomic mass is 10.2. The average molecular weight is 299 g/mol. The molecule has 0 spiro atoms. The van der Waals surface area contributed by atoms with E-state index in [0.29, 0.717) is 19.1 Å². The van der Waals surface area contributed by atoms with Gasteiger partial charge >= 0.3 is 12.0 Å². The summed E-state index contributed by atoms with van der Waals surface area (Å²) in [6.07, 6.45) is 5.08. The number of amides is 2. The molecule has 1 unspecified atom stereocenters. The number of rotatable bonds is 8. The summed E-state index contributed by atoms with van der Waals surface area (Å²) < 4.78 is 0. The molecule has 0 saturated heterocycles. The van der Waals surface area contributed by atoms with Gasteiger partial charge < -0.3 is 20.2 Å². The predicted molar refractivity (Wildman–Crippen MR) is 82.4 cm³/mol. The number of carboxylic acid groups (broad SMARTS) is 1. The van der Waals surface area contributed by atoms with Gasteiger partial charge in [-0.05, 0) is 33.7 Å². The maximum Gasteiger partial charge on any atom is 0.317 e. The van der Waals surface area contributed by atoms with Crippen LogP contribution in [0.3, 0.4) is 0 Å². The number of likely N-dealkylation sites (N-methyl/N-ethyl adjacent to an activating group) is 1. The fourth-order valence-corrected chi connectivity index (χ4v) is 2.99. The SMILES string of the molecule is CCN(C(=O)NCCN(C)C1CCCC1)C(C)CC(=O)O. The number of aliphatic carboxylic acids is 1. The summed E-state index contributed by atoms with van der Waals surface area (Å²) in [6.45, 7) is 5.58. The second kappa shape index (κ2) is 8.87. The summed E-state index contributed by atoms with van der Waals surface area (Å²) in [5, 5.41) is 11.7. The van der Waals surface area contributed by atoms with Crippen LogP contribution < -0.4 is 5.32 Å². The highest BCUT2D eigenvalue weighted by Crippen LogP contribution is 2.21. The van der Waals surface area contributed by atoms with E-state index in [1.165, 1.54) is 25.7 Å². The minimum absolute atomic E-state index is 0.0246. The Balaban J connectivity index is 2.31. The summed E-state index contributed by atoms with van der Waals surface area (Å²) in [5.74, 6) is -0.880. The van der Waals surface area contributed by atoms with E-state index in [2.05, 4.69) is 17.3 Å². The molecule has 0 aromatic rings. The van der Waals surface area contributed by atoms with Crippen LogP contribution in [-0.4, -0.2) is 65.7 Å². The van der Waals surface area contributed by atoms with E-state index in [-0.39, 0.29) is 18.5 Å². The molecule has 0 radical (unpaired) electrons. The van der Waals surface area contributed by atoms with E-state index in [9.17, 15) is 9.59 Å². The standard InChI is InChI=1S/C15H29N3O3/c1-4-18(12(2)11-14(19)20)15(21)16-9-10-17(3)13-7-5-6-8-13/h12-13H,4-11H2,1-3H3,(H,16,21)(H,19,20). The third-order valence-electron chi connectivity index (χ3n) is 4.29. The summed E-state index contributed by atoms with van der Waals surface area (Å²) >= 11 is 0. The van der Waals surface area contributed by atoms with Gasteiger partial charge in [-0.15, -0.1) is 0 Å². The highest BCUT2D eigenvalue weighted by molar-refractivity contribution is 5.75. The zero-order valence-electron chi connectivity index (χ0n) is 13.5. The van der Waals surface area contributed by atoms with Gasteiger partial charge in [0.15, 0.2) is 0 Å². The Kier molecular flexibility index (Phi) is 7.50. The van der Waals surface area contributed by atoms with Crippen molar-refractivity contribution in [1.29, 1.82) is 0 Å². The van der Waals surface area contributed by atoms with Gasteiger partial charge in [-0.25, -0.2) is 4.79 Å². The van der Waals surface area contributed by atoms with Gasteiger partial charge in [-0.1, -0.05) is 12.8 Å². The molecule has 1 rings (SSSR count).